The number of aromatic amines is 1. The average molecular weight is 419 g/mol. The molecule has 0 saturated heterocycles. The van der Waals surface area contributed by atoms with Crippen LogP contribution in [-0.2, 0) is 10.0 Å². The fraction of sp³-hybridized carbons (Fsp3) is 0.105. The second-order valence-corrected chi connectivity index (χ2v) is 7.95. The van der Waals surface area contributed by atoms with Crippen LogP contribution < -0.4 is 10.5 Å². The van der Waals surface area contributed by atoms with Crippen molar-refractivity contribution in [2.24, 2.45) is 0 Å². The lowest BCUT2D eigenvalue weighted by Crippen LogP contribution is -2.11. The number of nitrogens with one attached hydrogen (secondary N) is 1. The first-order chi connectivity index (χ1) is 12.9. The Labute approximate surface area is 168 Å². The molecule has 146 valence electrons. The maximum absolute atomic E-state index is 13.2. The SMILES string of the molecule is COc1ccc2c(c1)c(-c1nc(N)[nH]c1C)cn2S(=O)(=O)c1ccccc1.Cl. The van der Waals surface area contributed by atoms with Crippen LogP contribution in [-0.4, -0.2) is 29.5 Å². The van der Waals surface area contributed by atoms with Crippen molar-refractivity contribution in [3.05, 3.63) is 60.4 Å². The van der Waals surface area contributed by atoms with Gasteiger partial charge in [-0.3, -0.25) is 0 Å². The highest BCUT2D eigenvalue weighted by molar-refractivity contribution is 7.90. The van der Waals surface area contributed by atoms with Gasteiger partial charge in [0.05, 0.1) is 23.2 Å². The summed E-state index contributed by atoms with van der Waals surface area (Å²) in [6.45, 7) is 1.84. The number of nitrogens with zero attached hydrogens (tertiary/aromatic N) is 2. The number of fused-ring (bicyclic) bond motifs is 1. The summed E-state index contributed by atoms with van der Waals surface area (Å²) in [7, 11) is -2.21. The van der Waals surface area contributed by atoms with Crippen LogP contribution in [0.4, 0.5) is 5.95 Å². The molecule has 4 aromatic rings. The summed E-state index contributed by atoms with van der Waals surface area (Å²) in [4.78, 5) is 7.49. The molecule has 0 saturated carbocycles. The average Bonchev–Trinajstić information content (AvgIpc) is 3.21. The van der Waals surface area contributed by atoms with Crippen LogP contribution in [0.15, 0.2) is 59.6 Å². The van der Waals surface area contributed by atoms with Gasteiger partial charge >= 0.3 is 0 Å². The molecule has 4 rings (SSSR count). The van der Waals surface area contributed by atoms with Crippen molar-refractivity contribution in [3.63, 3.8) is 0 Å². The number of nitrogens with two attached hydrogens (primary N) is 1. The molecule has 9 heteroatoms. The van der Waals surface area contributed by atoms with Crippen molar-refractivity contribution in [2.45, 2.75) is 11.8 Å². The summed E-state index contributed by atoms with van der Waals surface area (Å²) in [6, 6.07) is 13.6. The Hall–Kier alpha value is -2.97. The molecule has 0 aliphatic heterocycles. The van der Waals surface area contributed by atoms with Crippen molar-refractivity contribution in [2.75, 3.05) is 12.8 Å². The predicted octanol–water partition coefficient (Wildman–Crippen LogP) is 3.59. The molecule has 2 aromatic heterocycles. The van der Waals surface area contributed by atoms with Gasteiger partial charge in [0, 0.05) is 22.8 Å². The molecule has 0 radical (unpaired) electrons. The normalized spacial score (nSPS) is 11.4. The second-order valence-electron chi connectivity index (χ2n) is 6.14. The zero-order valence-corrected chi connectivity index (χ0v) is 16.8. The number of aryl methyl sites for hydroxylation is 1. The number of methoxy groups -OCH3 is 1. The molecule has 2 aromatic carbocycles. The van der Waals surface area contributed by atoms with Crippen molar-refractivity contribution >= 4 is 39.3 Å². The van der Waals surface area contributed by atoms with E-state index < -0.39 is 10.0 Å². The van der Waals surface area contributed by atoms with Crippen LogP contribution in [0.2, 0.25) is 0 Å². The molecule has 0 unspecified atom stereocenters. The number of H-pyrrole nitrogens is 1. The Kier molecular flexibility index (Phi) is 5.10. The van der Waals surface area contributed by atoms with Crippen LogP contribution >= 0.6 is 12.4 Å². The largest absolute Gasteiger partial charge is 0.497 e. The molecule has 0 bridgehead atoms. The Balaban J connectivity index is 0.00000225. The number of halogens is 1. The first-order valence-electron chi connectivity index (χ1n) is 8.24. The molecular weight excluding hydrogens is 400 g/mol. The molecule has 0 aliphatic carbocycles. The van der Waals surface area contributed by atoms with E-state index >= 15 is 0 Å². The maximum atomic E-state index is 13.2. The lowest BCUT2D eigenvalue weighted by Gasteiger charge is -2.07. The molecule has 0 aliphatic rings. The molecule has 0 atom stereocenters. The summed E-state index contributed by atoms with van der Waals surface area (Å²) < 4.78 is 33.0. The first-order valence-corrected chi connectivity index (χ1v) is 9.68. The van der Waals surface area contributed by atoms with E-state index in [4.69, 9.17) is 10.5 Å². The minimum Gasteiger partial charge on any atom is -0.497 e. The number of nitrogen functional groups attached to an aromatic ring is 1. The van der Waals surface area contributed by atoms with E-state index in [0.717, 1.165) is 5.69 Å². The van der Waals surface area contributed by atoms with Gasteiger partial charge in [-0.15, -0.1) is 12.4 Å². The molecule has 0 fully saturated rings. The van der Waals surface area contributed by atoms with Gasteiger partial charge in [0.25, 0.3) is 10.0 Å². The van der Waals surface area contributed by atoms with Gasteiger partial charge in [-0.25, -0.2) is 17.4 Å². The zero-order chi connectivity index (χ0) is 19.2. The number of anilines is 1. The number of hydrogen-bond acceptors (Lipinski definition) is 5. The predicted molar refractivity (Wildman–Crippen MR) is 111 cm³/mol. The van der Waals surface area contributed by atoms with Crippen LogP contribution in [0.5, 0.6) is 5.75 Å². The van der Waals surface area contributed by atoms with E-state index in [9.17, 15) is 8.42 Å². The van der Waals surface area contributed by atoms with Crippen LogP contribution in [0.1, 0.15) is 5.69 Å². The minimum absolute atomic E-state index is 0. The van der Waals surface area contributed by atoms with E-state index in [1.165, 1.54) is 3.97 Å². The lowest BCUT2D eigenvalue weighted by atomic mass is 10.1. The highest BCUT2D eigenvalue weighted by Gasteiger charge is 2.23. The number of ether oxygens (including phenoxy) is 1. The molecular formula is C19H19ClN4O3S. The number of hydrogen-bond donors (Lipinski definition) is 2. The Bertz CT molecular complexity index is 1250. The number of aromatic nitrogens is 3. The topological polar surface area (TPSA) is 103 Å². The first kappa shape index (κ1) is 19.8. The monoisotopic (exact) mass is 418 g/mol. The Morgan fingerprint density at radius 2 is 1.86 bits per heavy atom. The van der Waals surface area contributed by atoms with Gasteiger partial charge < -0.3 is 15.5 Å². The van der Waals surface area contributed by atoms with Gasteiger partial charge in [-0.1, -0.05) is 18.2 Å². The van der Waals surface area contributed by atoms with Gasteiger partial charge in [-0.2, -0.15) is 0 Å². The smallest absolute Gasteiger partial charge is 0.268 e. The van der Waals surface area contributed by atoms with E-state index in [1.54, 1.807) is 61.8 Å². The van der Waals surface area contributed by atoms with Crippen molar-refractivity contribution in [3.8, 4) is 17.0 Å². The highest BCUT2D eigenvalue weighted by atomic mass is 35.5. The summed E-state index contributed by atoms with van der Waals surface area (Å²) in [6.07, 6.45) is 1.58. The van der Waals surface area contributed by atoms with Gasteiger partial charge in [-0.05, 0) is 37.3 Å². The van der Waals surface area contributed by atoms with Crippen LogP contribution in [0, 0.1) is 6.92 Å². The number of imidazole rings is 1. The third-order valence-corrected chi connectivity index (χ3v) is 6.12. The van der Waals surface area contributed by atoms with Crippen molar-refractivity contribution in [1.82, 2.24) is 13.9 Å². The molecule has 3 N–H and O–H groups in total. The highest BCUT2D eigenvalue weighted by Crippen LogP contribution is 2.35. The van der Waals surface area contributed by atoms with Crippen LogP contribution in [0.3, 0.4) is 0 Å². The standard InChI is InChI=1S/C19H18N4O3S.ClH/c1-12-18(22-19(20)21-12)16-11-23(17-9-8-13(26-2)10-15(16)17)27(24,25)14-6-4-3-5-7-14;/h3-11H,1-2H3,(H3,20,21,22);1H. The third-order valence-electron chi connectivity index (χ3n) is 4.44. The number of rotatable bonds is 4. The molecule has 7 nitrogen and oxygen atoms in total. The fourth-order valence-corrected chi connectivity index (χ4v) is 4.54. The van der Waals surface area contributed by atoms with Crippen LogP contribution in [0.25, 0.3) is 22.2 Å². The van der Waals surface area contributed by atoms with E-state index in [0.29, 0.717) is 27.9 Å². The fourth-order valence-electron chi connectivity index (χ4n) is 3.15. The molecule has 0 amide bonds. The molecule has 28 heavy (non-hydrogen) atoms. The summed E-state index contributed by atoms with van der Waals surface area (Å²) in [5.74, 6) is 0.900. The summed E-state index contributed by atoms with van der Waals surface area (Å²) in [5, 5.41) is 0.712. The van der Waals surface area contributed by atoms with Gasteiger partial charge in [0.1, 0.15) is 5.75 Å². The minimum atomic E-state index is -3.77. The maximum Gasteiger partial charge on any atom is 0.268 e. The summed E-state index contributed by atoms with van der Waals surface area (Å²) >= 11 is 0. The van der Waals surface area contributed by atoms with Crippen molar-refractivity contribution in [1.29, 1.82) is 0 Å². The Morgan fingerprint density at radius 3 is 2.46 bits per heavy atom. The van der Waals surface area contributed by atoms with E-state index in [-0.39, 0.29) is 23.3 Å². The van der Waals surface area contributed by atoms with E-state index in [2.05, 4.69) is 9.97 Å². The quantitative estimate of drug-likeness (QED) is 0.527. The summed E-state index contributed by atoms with van der Waals surface area (Å²) in [5.41, 5.74) is 8.34. The van der Waals surface area contributed by atoms with Gasteiger partial charge in [0.2, 0.25) is 0 Å². The molecule has 2 heterocycles. The lowest BCUT2D eigenvalue weighted by molar-refractivity contribution is 0.415. The van der Waals surface area contributed by atoms with Crippen molar-refractivity contribution < 1.29 is 13.2 Å². The second kappa shape index (κ2) is 7.21. The Morgan fingerprint density at radius 1 is 1.14 bits per heavy atom. The zero-order valence-electron chi connectivity index (χ0n) is 15.2. The molecule has 0 spiro atoms. The van der Waals surface area contributed by atoms with E-state index in [1.807, 2.05) is 6.92 Å². The van der Waals surface area contributed by atoms with Gasteiger partial charge in [0.15, 0.2) is 5.95 Å². The third kappa shape index (κ3) is 3.10. The number of benzene rings is 2.